The van der Waals surface area contributed by atoms with Gasteiger partial charge in [0.15, 0.2) is 0 Å². The quantitative estimate of drug-likeness (QED) is 0.137. The van der Waals surface area contributed by atoms with E-state index in [1.165, 1.54) is 161 Å². The van der Waals surface area contributed by atoms with Gasteiger partial charge in [0.1, 0.15) is 0 Å². The van der Waals surface area contributed by atoms with Crippen molar-refractivity contribution in [2.45, 2.75) is 187 Å². The smallest absolute Gasteiger partial charge is 0.0512 e. The van der Waals surface area contributed by atoms with Gasteiger partial charge in [-0.25, -0.2) is 0 Å². The van der Waals surface area contributed by atoms with Crippen molar-refractivity contribution in [2.75, 3.05) is 0 Å². The molecule has 1 unspecified atom stereocenters. The van der Waals surface area contributed by atoms with Crippen LogP contribution < -0.4 is 0 Å². The van der Waals surface area contributed by atoms with Crippen LogP contribution in [0.1, 0.15) is 181 Å². The normalized spacial score (nSPS) is 12.5. The Bertz CT molecular complexity index is 286. The van der Waals surface area contributed by atoms with Crippen molar-refractivity contribution >= 4 is 0 Å². The molecule has 0 radical (unpaired) electrons. The number of rotatable bonds is 26. The predicted molar refractivity (Wildman–Crippen MR) is 137 cm³/mol. The van der Waals surface area contributed by atoms with E-state index in [9.17, 15) is 5.11 Å². The maximum atomic E-state index is 9.24. The van der Waals surface area contributed by atoms with Crippen LogP contribution in [0.3, 0.4) is 0 Å². The second kappa shape index (κ2) is 27.0. The summed E-state index contributed by atoms with van der Waals surface area (Å²) in [5, 5.41) is 9.24. The fourth-order valence-electron chi connectivity index (χ4n) is 4.58. The zero-order valence-electron chi connectivity index (χ0n) is 21.4. The Labute approximate surface area is 192 Å². The van der Waals surface area contributed by atoms with Crippen molar-refractivity contribution in [3.8, 4) is 0 Å². The van der Waals surface area contributed by atoms with Crippen LogP contribution in [0.4, 0.5) is 0 Å². The summed E-state index contributed by atoms with van der Waals surface area (Å²) in [4.78, 5) is 0. The first-order valence-corrected chi connectivity index (χ1v) is 14.5. The number of aliphatic hydroxyl groups excluding tert-OH is 1. The number of hydrogen-bond donors (Lipinski definition) is 1. The molecule has 30 heavy (non-hydrogen) atoms. The van der Waals surface area contributed by atoms with E-state index in [4.69, 9.17) is 0 Å². The van der Waals surface area contributed by atoms with Gasteiger partial charge in [-0.2, -0.15) is 0 Å². The van der Waals surface area contributed by atoms with Crippen LogP contribution in [-0.2, 0) is 0 Å². The number of hydrogen-bond acceptors (Lipinski definition) is 1. The van der Waals surface area contributed by atoms with Crippen LogP contribution >= 0.6 is 0 Å². The van der Waals surface area contributed by atoms with Gasteiger partial charge >= 0.3 is 0 Å². The van der Waals surface area contributed by atoms with Gasteiger partial charge in [0.05, 0.1) is 6.10 Å². The Hall–Kier alpha value is -0.0400. The maximum absolute atomic E-state index is 9.24. The molecule has 0 saturated heterocycles. The molecule has 0 amide bonds. The molecule has 1 N–H and O–H groups in total. The number of unbranched alkanes of at least 4 members (excludes halogenated alkanes) is 24. The fourth-order valence-corrected chi connectivity index (χ4v) is 4.58. The van der Waals surface area contributed by atoms with Gasteiger partial charge in [-0.15, -0.1) is 0 Å². The van der Waals surface area contributed by atoms with Gasteiger partial charge in [-0.3, -0.25) is 0 Å². The summed E-state index contributed by atoms with van der Waals surface area (Å²) >= 11 is 0. The summed E-state index contributed by atoms with van der Waals surface area (Å²) in [6, 6.07) is 0. The van der Waals surface area contributed by atoms with Crippen molar-refractivity contribution in [3.63, 3.8) is 0 Å². The second-order valence-electron chi connectivity index (χ2n) is 10.1. The van der Waals surface area contributed by atoms with Gasteiger partial charge in [-0.05, 0) is 13.3 Å². The standard InChI is InChI=1S/C29H60O/c1-3-4-5-6-7-8-9-10-11-12-13-14-15-16-17-18-19-20-21-22-23-24-25-26-27-28-29(2)30/h29-30H,3-28H2,1-2H3. The molecular formula is C29H60O. The van der Waals surface area contributed by atoms with E-state index in [-0.39, 0.29) is 6.10 Å². The Kier molecular flexibility index (Phi) is 27.0. The monoisotopic (exact) mass is 424 g/mol. The third-order valence-corrected chi connectivity index (χ3v) is 6.73. The highest BCUT2D eigenvalue weighted by atomic mass is 16.3. The summed E-state index contributed by atoms with van der Waals surface area (Å²) in [7, 11) is 0. The topological polar surface area (TPSA) is 20.2 Å². The Balaban J connectivity index is 2.99. The molecular weight excluding hydrogens is 364 g/mol. The van der Waals surface area contributed by atoms with E-state index in [0.29, 0.717) is 0 Å². The Morgan fingerprint density at radius 3 is 0.767 bits per heavy atom. The molecule has 0 rings (SSSR count). The molecule has 0 heterocycles. The Morgan fingerprint density at radius 2 is 0.567 bits per heavy atom. The molecule has 0 saturated carbocycles. The first-order chi connectivity index (χ1) is 14.8. The van der Waals surface area contributed by atoms with Crippen molar-refractivity contribution in [1.82, 2.24) is 0 Å². The molecule has 1 atom stereocenters. The molecule has 0 aromatic rings. The average molecular weight is 425 g/mol. The third kappa shape index (κ3) is 28.0. The van der Waals surface area contributed by atoms with Crippen molar-refractivity contribution in [3.05, 3.63) is 0 Å². The van der Waals surface area contributed by atoms with E-state index < -0.39 is 0 Å². The average Bonchev–Trinajstić information content (AvgIpc) is 2.73. The Morgan fingerprint density at radius 1 is 0.367 bits per heavy atom. The summed E-state index contributed by atoms with van der Waals surface area (Å²) in [5.74, 6) is 0. The van der Waals surface area contributed by atoms with E-state index in [1.807, 2.05) is 6.92 Å². The molecule has 0 aromatic carbocycles. The minimum absolute atomic E-state index is 0.102. The molecule has 0 aliphatic carbocycles. The van der Waals surface area contributed by atoms with Gasteiger partial charge in [-0.1, -0.05) is 167 Å². The molecule has 0 spiro atoms. The van der Waals surface area contributed by atoms with Crippen LogP contribution in [0.15, 0.2) is 0 Å². The van der Waals surface area contributed by atoms with E-state index >= 15 is 0 Å². The molecule has 0 fully saturated rings. The molecule has 0 aliphatic rings. The summed E-state index contributed by atoms with van der Waals surface area (Å²) < 4.78 is 0. The zero-order valence-corrected chi connectivity index (χ0v) is 21.4. The zero-order chi connectivity index (χ0) is 22.0. The largest absolute Gasteiger partial charge is 0.393 e. The lowest BCUT2D eigenvalue weighted by Gasteiger charge is -2.05. The molecule has 182 valence electrons. The lowest BCUT2D eigenvalue weighted by molar-refractivity contribution is 0.180. The van der Waals surface area contributed by atoms with Crippen molar-refractivity contribution in [2.24, 2.45) is 0 Å². The summed E-state index contributed by atoms with van der Waals surface area (Å²) in [5.41, 5.74) is 0. The van der Waals surface area contributed by atoms with Crippen LogP contribution in [-0.4, -0.2) is 11.2 Å². The molecule has 0 bridgehead atoms. The fraction of sp³-hybridized carbons (Fsp3) is 1.00. The van der Waals surface area contributed by atoms with Crippen LogP contribution in [0.5, 0.6) is 0 Å². The molecule has 0 aliphatic heterocycles. The third-order valence-electron chi connectivity index (χ3n) is 6.73. The first kappa shape index (κ1) is 30.0. The van der Waals surface area contributed by atoms with Gasteiger partial charge in [0, 0.05) is 0 Å². The SMILES string of the molecule is CCCCCCCCCCCCCCCCCCCCCCCCCCCC(C)O. The summed E-state index contributed by atoms with van der Waals surface area (Å²) in [6.45, 7) is 4.20. The minimum atomic E-state index is -0.102. The highest BCUT2D eigenvalue weighted by Gasteiger charge is 1.97. The summed E-state index contributed by atoms with van der Waals surface area (Å²) in [6.07, 6.45) is 36.9. The van der Waals surface area contributed by atoms with Crippen molar-refractivity contribution < 1.29 is 5.11 Å². The number of aliphatic hydroxyl groups is 1. The minimum Gasteiger partial charge on any atom is -0.393 e. The lowest BCUT2D eigenvalue weighted by Crippen LogP contribution is -1.98. The molecule has 1 nitrogen and oxygen atoms in total. The molecule has 1 heteroatoms. The highest BCUT2D eigenvalue weighted by molar-refractivity contribution is 4.52. The van der Waals surface area contributed by atoms with Gasteiger partial charge in [0.25, 0.3) is 0 Å². The second-order valence-corrected chi connectivity index (χ2v) is 10.1. The first-order valence-electron chi connectivity index (χ1n) is 14.5. The van der Waals surface area contributed by atoms with Crippen LogP contribution in [0.2, 0.25) is 0 Å². The van der Waals surface area contributed by atoms with Gasteiger partial charge < -0.3 is 5.11 Å². The predicted octanol–water partition coefficient (Wildman–Crippen LogP) is 10.5. The van der Waals surface area contributed by atoms with E-state index in [0.717, 1.165) is 6.42 Å². The van der Waals surface area contributed by atoms with Gasteiger partial charge in [0.2, 0.25) is 0 Å². The lowest BCUT2D eigenvalue weighted by atomic mass is 10.0. The van der Waals surface area contributed by atoms with Crippen LogP contribution in [0, 0.1) is 0 Å². The maximum Gasteiger partial charge on any atom is 0.0512 e. The van der Waals surface area contributed by atoms with E-state index in [1.54, 1.807) is 0 Å². The van der Waals surface area contributed by atoms with E-state index in [2.05, 4.69) is 6.92 Å². The molecule has 0 aromatic heterocycles. The van der Waals surface area contributed by atoms with Crippen molar-refractivity contribution in [1.29, 1.82) is 0 Å². The van der Waals surface area contributed by atoms with Crippen LogP contribution in [0.25, 0.3) is 0 Å². The highest BCUT2D eigenvalue weighted by Crippen LogP contribution is 2.16.